The van der Waals surface area contributed by atoms with Gasteiger partial charge in [-0.3, -0.25) is 0 Å². The number of aromatic nitrogens is 2. The first-order chi connectivity index (χ1) is 9.56. The lowest BCUT2D eigenvalue weighted by Gasteiger charge is -2.00. The number of hydrogen-bond donors (Lipinski definition) is 2. The Morgan fingerprint density at radius 1 is 1.30 bits per heavy atom. The topological polar surface area (TPSA) is 66.0 Å². The molecular formula is C15H11FN2O2. The van der Waals surface area contributed by atoms with Gasteiger partial charge in [0.05, 0.1) is 16.6 Å². The van der Waals surface area contributed by atoms with Gasteiger partial charge in [0.15, 0.2) is 0 Å². The molecule has 0 radical (unpaired) electrons. The monoisotopic (exact) mass is 270 g/mol. The van der Waals surface area contributed by atoms with Crippen molar-refractivity contribution in [1.29, 1.82) is 0 Å². The second-order valence-corrected chi connectivity index (χ2v) is 4.58. The number of nitrogens with zero attached hydrogens (tertiary/aromatic N) is 1. The number of imidazole rings is 1. The lowest BCUT2D eigenvalue weighted by molar-refractivity contribution is 0.0699. The molecule has 1 aromatic heterocycles. The van der Waals surface area contributed by atoms with E-state index in [1.807, 2.05) is 6.92 Å². The van der Waals surface area contributed by atoms with E-state index in [0.29, 0.717) is 22.4 Å². The number of carboxylic acid groups (broad SMARTS) is 1. The number of aromatic amines is 1. The largest absolute Gasteiger partial charge is 0.478 e. The van der Waals surface area contributed by atoms with Crippen LogP contribution in [0.4, 0.5) is 4.39 Å². The fourth-order valence-corrected chi connectivity index (χ4v) is 2.15. The molecule has 0 aliphatic carbocycles. The summed E-state index contributed by atoms with van der Waals surface area (Å²) >= 11 is 0. The first kappa shape index (κ1) is 12.3. The van der Waals surface area contributed by atoms with Crippen molar-refractivity contribution in [3.63, 3.8) is 0 Å². The maximum atomic E-state index is 13.9. The quantitative estimate of drug-likeness (QED) is 0.750. The van der Waals surface area contributed by atoms with E-state index >= 15 is 0 Å². The third-order valence-electron chi connectivity index (χ3n) is 3.12. The molecule has 2 aromatic carbocycles. The fraction of sp³-hybridized carbons (Fsp3) is 0.0667. The summed E-state index contributed by atoms with van der Waals surface area (Å²) in [6.45, 7) is 1.86. The molecule has 4 nitrogen and oxygen atoms in total. The molecule has 0 aliphatic rings. The summed E-state index contributed by atoms with van der Waals surface area (Å²) < 4.78 is 13.9. The van der Waals surface area contributed by atoms with Gasteiger partial charge in [0.2, 0.25) is 0 Å². The summed E-state index contributed by atoms with van der Waals surface area (Å²) in [4.78, 5) is 18.3. The number of H-pyrrole nitrogens is 1. The maximum Gasteiger partial charge on any atom is 0.337 e. The highest BCUT2D eigenvalue weighted by atomic mass is 19.1. The number of carbonyl (C=O) groups is 1. The number of aryl methyl sites for hydroxylation is 1. The minimum Gasteiger partial charge on any atom is -0.478 e. The average molecular weight is 270 g/mol. The number of nitrogens with one attached hydrogen (secondary N) is 1. The van der Waals surface area contributed by atoms with Crippen molar-refractivity contribution in [3.05, 3.63) is 53.3 Å². The maximum absolute atomic E-state index is 13.9. The van der Waals surface area contributed by atoms with E-state index in [-0.39, 0.29) is 5.56 Å². The van der Waals surface area contributed by atoms with Crippen molar-refractivity contribution in [2.75, 3.05) is 0 Å². The van der Waals surface area contributed by atoms with E-state index < -0.39 is 11.8 Å². The number of aromatic carboxylic acids is 1. The molecule has 1 heterocycles. The van der Waals surface area contributed by atoms with Gasteiger partial charge in [0.1, 0.15) is 17.2 Å². The molecule has 100 valence electrons. The van der Waals surface area contributed by atoms with Gasteiger partial charge in [-0.1, -0.05) is 17.7 Å². The highest BCUT2D eigenvalue weighted by molar-refractivity contribution is 6.01. The van der Waals surface area contributed by atoms with E-state index in [1.165, 1.54) is 12.1 Å². The van der Waals surface area contributed by atoms with Gasteiger partial charge in [0.25, 0.3) is 0 Å². The van der Waals surface area contributed by atoms with E-state index in [0.717, 1.165) is 5.56 Å². The third kappa shape index (κ3) is 1.93. The van der Waals surface area contributed by atoms with Crippen LogP contribution in [0.1, 0.15) is 15.9 Å². The summed E-state index contributed by atoms with van der Waals surface area (Å²) in [5, 5.41) is 9.13. The molecule has 0 atom stereocenters. The van der Waals surface area contributed by atoms with Crippen LogP contribution in [0.15, 0.2) is 36.4 Å². The first-order valence-corrected chi connectivity index (χ1v) is 6.05. The van der Waals surface area contributed by atoms with Crippen molar-refractivity contribution in [1.82, 2.24) is 9.97 Å². The van der Waals surface area contributed by atoms with E-state index in [2.05, 4.69) is 9.97 Å². The predicted octanol–water partition coefficient (Wildman–Crippen LogP) is 3.38. The van der Waals surface area contributed by atoms with Crippen LogP contribution in [0.3, 0.4) is 0 Å². The van der Waals surface area contributed by atoms with E-state index in [1.54, 1.807) is 24.3 Å². The number of benzene rings is 2. The Morgan fingerprint density at radius 3 is 2.85 bits per heavy atom. The number of fused-ring (bicyclic) bond motifs is 1. The lowest BCUT2D eigenvalue weighted by Crippen LogP contribution is -1.96. The van der Waals surface area contributed by atoms with E-state index in [4.69, 9.17) is 5.11 Å². The zero-order valence-electron chi connectivity index (χ0n) is 10.6. The van der Waals surface area contributed by atoms with Gasteiger partial charge in [0, 0.05) is 0 Å². The highest BCUT2D eigenvalue weighted by Gasteiger charge is 2.15. The molecule has 20 heavy (non-hydrogen) atoms. The summed E-state index contributed by atoms with van der Waals surface area (Å²) in [7, 11) is 0. The average Bonchev–Trinajstić information content (AvgIpc) is 2.84. The molecule has 2 N–H and O–H groups in total. The van der Waals surface area contributed by atoms with Crippen molar-refractivity contribution < 1.29 is 14.3 Å². The number of para-hydroxylation sites is 1. The Bertz CT molecular complexity index is 824. The fourth-order valence-electron chi connectivity index (χ4n) is 2.15. The standard InChI is InChI=1S/C15H11FN2O2/c1-8-5-6-11(16)10(7-8)14-17-12-4-2-3-9(15(19)20)13(12)18-14/h2-7H,1H3,(H,17,18)(H,19,20). The number of hydrogen-bond acceptors (Lipinski definition) is 2. The molecule has 3 aromatic rings. The van der Waals surface area contributed by atoms with Crippen LogP contribution in [-0.2, 0) is 0 Å². The van der Waals surface area contributed by atoms with Crippen molar-refractivity contribution in [2.24, 2.45) is 0 Å². The molecular weight excluding hydrogens is 259 g/mol. The van der Waals surface area contributed by atoms with Crippen molar-refractivity contribution in [2.45, 2.75) is 6.92 Å². The van der Waals surface area contributed by atoms with Gasteiger partial charge in [-0.2, -0.15) is 0 Å². The molecule has 0 saturated carbocycles. The Morgan fingerprint density at radius 2 is 2.10 bits per heavy atom. The SMILES string of the molecule is Cc1ccc(F)c(-c2nc3c(C(=O)O)cccc3[nH]2)c1. The third-order valence-corrected chi connectivity index (χ3v) is 3.12. The minimum atomic E-state index is -1.06. The minimum absolute atomic E-state index is 0.0954. The first-order valence-electron chi connectivity index (χ1n) is 6.05. The molecule has 0 unspecified atom stereocenters. The number of rotatable bonds is 2. The van der Waals surface area contributed by atoms with Crippen LogP contribution in [0, 0.1) is 12.7 Å². The van der Waals surface area contributed by atoms with Crippen LogP contribution in [0.2, 0.25) is 0 Å². The Kier molecular flexibility index (Phi) is 2.75. The second kappa shape index (κ2) is 4.45. The van der Waals surface area contributed by atoms with E-state index in [9.17, 15) is 9.18 Å². The zero-order valence-corrected chi connectivity index (χ0v) is 10.6. The smallest absolute Gasteiger partial charge is 0.337 e. The van der Waals surface area contributed by atoms with Gasteiger partial charge < -0.3 is 10.1 Å². The molecule has 5 heteroatoms. The zero-order chi connectivity index (χ0) is 14.3. The van der Waals surface area contributed by atoms with Crippen molar-refractivity contribution >= 4 is 17.0 Å². The molecule has 0 bridgehead atoms. The Hall–Kier alpha value is -2.69. The van der Waals surface area contributed by atoms with Gasteiger partial charge in [-0.15, -0.1) is 0 Å². The normalized spacial score (nSPS) is 10.9. The van der Waals surface area contributed by atoms with Gasteiger partial charge in [-0.05, 0) is 31.2 Å². The predicted molar refractivity (Wildman–Crippen MR) is 73.2 cm³/mol. The summed E-state index contributed by atoms with van der Waals surface area (Å²) in [5.41, 5.74) is 2.23. The number of carboxylic acids is 1. The van der Waals surface area contributed by atoms with Crippen LogP contribution < -0.4 is 0 Å². The van der Waals surface area contributed by atoms with Crippen molar-refractivity contribution in [3.8, 4) is 11.4 Å². The highest BCUT2D eigenvalue weighted by Crippen LogP contribution is 2.25. The Balaban J connectivity index is 2.26. The molecule has 0 aliphatic heterocycles. The molecule has 0 spiro atoms. The van der Waals surface area contributed by atoms with Crippen LogP contribution in [0.25, 0.3) is 22.4 Å². The molecule has 0 saturated heterocycles. The molecule has 0 amide bonds. The van der Waals surface area contributed by atoms with Crippen LogP contribution in [-0.4, -0.2) is 21.0 Å². The molecule has 3 rings (SSSR count). The summed E-state index contributed by atoms with van der Waals surface area (Å²) in [6.07, 6.45) is 0. The Labute approximate surface area is 113 Å². The second-order valence-electron chi connectivity index (χ2n) is 4.58. The summed E-state index contributed by atoms with van der Waals surface area (Å²) in [6, 6.07) is 9.53. The van der Waals surface area contributed by atoms with Crippen LogP contribution in [0.5, 0.6) is 0 Å². The van der Waals surface area contributed by atoms with Gasteiger partial charge in [-0.25, -0.2) is 14.2 Å². The molecule has 0 fully saturated rings. The van der Waals surface area contributed by atoms with Crippen LogP contribution >= 0.6 is 0 Å². The van der Waals surface area contributed by atoms with Gasteiger partial charge >= 0.3 is 5.97 Å². The number of halogens is 1. The lowest BCUT2D eigenvalue weighted by atomic mass is 10.1. The summed E-state index contributed by atoms with van der Waals surface area (Å²) in [5.74, 6) is -1.13.